The average molecular weight is 807 g/mol. The molecule has 1 aromatic carbocycles. The first-order valence-corrected chi connectivity index (χ1v) is 18.9. The zero-order chi connectivity index (χ0) is 35.6. The van der Waals surface area contributed by atoms with Crippen LogP contribution in [0.1, 0.15) is 78.7 Å². The number of rotatable bonds is 18. The number of esters is 1. The summed E-state index contributed by atoms with van der Waals surface area (Å²) >= 11 is 2.37. The molecule has 49 heavy (non-hydrogen) atoms. The van der Waals surface area contributed by atoms with Crippen LogP contribution in [0.3, 0.4) is 0 Å². The van der Waals surface area contributed by atoms with Crippen LogP contribution in [-0.4, -0.2) is 110 Å². The van der Waals surface area contributed by atoms with Gasteiger partial charge in [-0.3, -0.25) is 4.79 Å². The molecule has 12 heteroatoms. The molecule has 3 saturated heterocycles. The highest BCUT2D eigenvalue weighted by atomic mass is 127. The fraction of sp³-hybridized carbons (Fsp3) is 0.811. The van der Waals surface area contributed by atoms with Crippen molar-refractivity contribution >= 4 is 28.6 Å². The summed E-state index contributed by atoms with van der Waals surface area (Å²) in [6.45, 7) is 11.4. The van der Waals surface area contributed by atoms with Crippen LogP contribution in [0.2, 0.25) is 0 Å². The Hall–Kier alpha value is -0.940. The molecule has 3 aliphatic heterocycles. The Bertz CT molecular complexity index is 1120. The van der Waals surface area contributed by atoms with Gasteiger partial charge in [0.05, 0.1) is 59.4 Å². The number of fused-ring (bicyclic) bond motifs is 1. The Balaban J connectivity index is 1.40. The highest BCUT2D eigenvalue weighted by Crippen LogP contribution is 2.43. The van der Waals surface area contributed by atoms with E-state index < -0.39 is 23.4 Å². The number of halogens is 1. The van der Waals surface area contributed by atoms with Crippen molar-refractivity contribution < 1.29 is 52.5 Å². The topological polar surface area (TPSA) is 120 Å². The number of alkyl halides is 1. The fourth-order valence-corrected chi connectivity index (χ4v) is 8.41. The van der Waals surface area contributed by atoms with Gasteiger partial charge < -0.3 is 47.7 Å². The minimum Gasteiger partial charge on any atom is -0.461 e. The molecule has 3 fully saturated rings. The summed E-state index contributed by atoms with van der Waals surface area (Å²) in [4.78, 5) is 12.4. The van der Waals surface area contributed by atoms with Crippen LogP contribution in [0.5, 0.6) is 0 Å². The molecule has 1 aromatic rings. The molecule has 3 heterocycles. The lowest BCUT2D eigenvalue weighted by atomic mass is 9.86. The molecule has 0 aromatic heterocycles. The zero-order valence-electron chi connectivity index (χ0n) is 30.3. The van der Waals surface area contributed by atoms with Crippen LogP contribution in [0.25, 0.3) is 0 Å². The predicted octanol–water partition coefficient (Wildman–Crippen LogP) is 5.60. The molecule has 11 nitrogen and oxygen atoms in total. The second-order valence-electron chi connectivity index (χ2n) is 14.6. The Morgan fingerprint density at radius 2 is 1.80 bits per heavy atom. The maximum Gasteiger partial charge on any atom is 0.302 e. The zero-order valence-corrected chi connectivity index (χ0v) is 32.5. The predicted molar refractivity (Wildman–Crippen MR) is 191 cm³/mol. The van der Waals surface area contributed by atoms with Gasteiger partial charge in [0.25, 0.3) is 0 Å². The van der Waals surface area contributed by atoms with Crippen LogP contribution in [0, 0.1) is 11.8 Å². The molecule has 3 aliphatic rings. The van der Waals surface area contributed by atoms with Crippen molar-refractivity contribution in [3.8, 4) is 0 Å². The summed E-state index contributed by atoms with van der Waals surface area (Å²) in [5.74, 6) is 0.276. The van der Waals surface area contributed by atoms with E-state index in [0.29, 0.717) is 50.7 Å². The number of methoxy groups -OCH3 is 2. The first-order valence-electron chi connectivity index (χ1n) is 17.7. The molecule has 0 saturated carbocycles. The van der Waals surface area contributed by atoms with Crippen LogP contribution in [0.4, 0.5) is 0 Å². The fourth-order valence-electron chi connectivity index (χ4n) is 7.51. The molecule has 1 N–H and O–H groups in total. The molecule has 280 valence electrons. The summed E-state index contributed by atoms with van der Waals surface area (Å²) in [6.07, 6.45) is 1.46. The third-order valence-electron chi connectivity index (χ3n) is 10.3. The lowest BCUT2D eigenvalue weighted by Crippen LogP contribution is -2.59. The number of hydrogen-bond donors (Lipinski definition) is 1. The van der Waals surface area contributed by atoms with Crippen LogP contribution in [0.15, 0.2) is 30.3 Å². The maximum atomic E-state index is 12.4. The molecule has 0 unspecified atom stereocenters. The van der Waals surface area contributed by atoms with Crippen molar-refractivity contribution in [2.45, 2.75) is 138 Å². The van der Waals surface area contributed by atoms with Crippen molar-refractivity contribution in [2.24, 2.45) is 11.8 Å². The Kier molecular flexibility index (Phi) is 16.0. The minimum atomic E-state index is -1.18. The first-order chi connectivity index (χ1) is 23.4. The molecular formula is C37H59IO11. The van der Waals surface area contributed by atoms with Crippen LogP contribution >= 0.6 is 22.6 Å². The van der Waals surface area contributed by atoms with E-state index in [9.17, 15) is 9.90 Å². The van der Waals surface area contributed by atoms with E-state index in [4.69, 9.17) is 42.6 Å². The number of ether oxygens (including phenoxy) is 9. The molecule has 0 aliphatic carbocycles. The molecule has 0 amide bonds. The van der Waals surface area contributed by atoms with E-state index in [1.807, 2.05) is 25.1 Å². The van der Waals surface area contributed by atoms with E-state index in [2.05, 4.69) is 48.6 Å². The van der Waals surface area contributed by atoms with Gasteiger partial charge in [-0.15, -0.1) is 0 Å². The summed E-state index contributed by atoms with van der Waals surface area (Å²) < 4.78 is 54.0. The lowest BCUT2D eigenvalue weighted by Gasteiger charge is -2.47. The molecular weight excluding hydrogens is 747 g/mol. The lowest BCUT2D eigenvalue weighted by molar-refractivity contribution is -0.276. The third-order valence-corrected chi connectivity index (χ3v) is 11.9. The monoisotopic (exact) mass is 806 g/mol. The number of benzene rings is 1. The largest absolute Gasteiger partial charge is 0.461 e. The molecule has 0 bridgehead atoms. The van der Waals surface area contributed by atoms with E-state index in [0.717, 1.165) is 12.8 Å². The SMILES string of the molecule is COCOC[C@@]1(C)O[C@H]2CC[C@@](C)(O)[C@H](C[C@@H](OC(C)=O)[C@@H](I)[C@H]3C[C@H](C)[C@H]([C@H](C)CCOCc4ccccc4)O3)O[C@@H]2C[C@@H]1OCOC. The van der Waals surface area contributed by atoms with Crippen LogP contribution < -0.4 is 0 Å². The standard InChI is InChI=1S/C37H59IO11/c1-24(14-16-43-20-27-11-9-8-10-12-27)35-25(2)17-30(48-35)34(38)31(46-26(3)39)19-32-36(4,40)15-13-28-29(47-32)18-33(45-23-42-7)37(5,49-28)21-44-22-41-6/h8-12,24-25,28-35,40H,13-23H2,1-7H3/t24-,25+,28+,29-,30-,31-,32+,33+,34+,35+,36-,37-/m1/s1. The van der Waals surface area contributed by atoms with Crippen molar-refractivity contribution in [2.75, 3.05) is 41.0 Å². The van der Waals surface area contributed by atoms with E-state index in [1.165, 1.54) is 12.5 Å². The average Bonchev–Trinajstić information content (AvgIpc) is 3.41. The summed E-state index contributed by atoms with van der Waals surface area (Å²) in [7, 11) is 3.16. The normalized spacial score (nSPS) is 35.2. The van der Waals surface area contributed by atoms with E-state index in [1.54, 1.807) is 21.1 Å². The smallest absolute Gasteiger partial charge is 0.302 e. The van der Waals surface area contributed by atoms with Gasteiger partial charge in [0.1, 0.15) is 25.3 Å². The number of hydrogen-bond acceptors (Lipinski definition) is 11. The number of aliphatic hydroxyl groups is 1. The van der Waals surface area contributed by atoms with Gasteiger partial charge >= 0.3 is 5.97 Å². The molecule has 4 rings (SSSR count). The third kappa shape index (κ3) is 11.5. The first kappa shape index (κ1) is 40.8. The van der Waals surface area contributed by atoms with Gasteiger partial charge in [-0.05, 0) is 56.9 Å². The van der Waals surface area contributed by atoms with E-state index >= 15 is 0 Å². The highest BCUT2D eigenvalue weighted by Gasteiger charge is 2.52. The molecule has 12 atom stereocenters. The van der Waals surface area contributed by atoms with Crippen molar-refractivity contribution in [1.29, 1.82) is 0 Å². The van der Waals surface area contributed by atoms with E-state index in [-0.39, 0.29) is 60.6 Å². The summed E-state index contributed by atoms with van der Waals surface area (Å²) in [6, 6.07) is 10.2. The number of carbonyl (C=O) groups excluding carboxylic acids is 1. The van der Waals surface area contributed by atoms with Crippen LogP contribution in [-0.2, 0) is 54.0 Å². The Morgan fingerprint density at radius 1 is 1.06 bits per heavy atom. The second-order valence-corrected chi connectivity index (χ2v) is 16.0. The van der Waals surface area contributed by atoms with Gasteiger partial charge in [-0.1, -0.05) is 66.8 Å². The second kappa shape index (κ2) is 19.2. The van der Waals surface area contributed by atoms with Crippen molar-refractivity contribution in [3.05, 3.63) is 35.9 Å². The summed E-state index contributed by atoms with van der Waals surface area (Å²) in [5.41, 5.74) is -0.778. The van der Waals surface area contributed by atoms with Crippen molar-refractivity contribution in [1.82, 2.24) is 0 Å². The molecule has 0 spiro atoms. The maximum absolute atomic E-state index is 12.4. The summed E-state index contributed by atoms with van der Waals surface area (Å²) in [5, 5.41) is 11.8. The van der Waals surface area contributed by atoms with Crippen molar-refractivity contribution in [3.63, 3.8) is 0 Å². The Labute approximate surface area is 306 Å². The quantitative estimate of drug-likeness (QED) is 0.0657. The highest BCUT2D eigenvalue weighted by molar-refractivity contribution is 14.1. The van der Waals surface area contributed by atoms with Gasteiger partial charge in [0.15, 0.2) is 0 Å². The van der Waals surface area contributed by atoms with Gasteiger partial charge in [0.2, 0.25) is 0 Å². The number of carbonyl (C=O) groups is 1. The minimum absolute atomic E-state index is 0.0733. The molecule has 0 radical (unpaired) electrons. The Morgan fingerprint density at radius 3 is 2.49 bits per heavy atom. The van der Waals surface area contributed by atoms with Gasteiger partial charge in [-0.25, -0.2) is 0 Å². The van der Waals surface area contributed by atoms with Gasteiger partial charge in [-0.2, -0.15) is 0 Å². The van der Waals surface area contributed by atoms with Gasteiger partial charge in [0, 0.05) is 40.6 Å².